The van der Waals surface area contributed by atoms with Crippen LogP contribution in [0.5, 0.6) is 0 Å². The highest BCUT2D eigenvalue weighted by atomic mass is 16.5. The first-order valence-corrected chi connectivity index (χ1v) is 5.99. The lowest BCUT2D eigenvalue weighted by Crippen LogP contribution is -2.30. The standard InChI is InChI=1S/C13H26N2O2/c1-6-11(7-8-15(4)5)12(16)17-10-13(2,3)9-14/h6H,7-10,14H2,1-5H3. The largest absolute Gasteiger partial charge is 0.462 e. The maximum atomic E-state index is 11.8. The van der Waals surface area contributed by atoms with E-state index in [1.165, 1.54) is 0 Å². The molecule has 0 aromatic heterocycles. The predicted molar refractivity (Wildman–Crippen MR) is 70.7 cm³/mol. The zero-order valence-electron chi connectivity index (χ0n) is 11.7. The summed E-state index contributed by atoms with van der Waals surface area (Å²) < 4.78 is 5.28. The van der Waals surface area contributed by atoms with Crippen LogP contribution in [0.1, 0.15) is 27.2 Å². The van der Waals surface area contributed by atoms with Gasteiger partial charge in [0.15, 0.2) is 0 Å². The van der Waals surface area contributed by atoms with Crippen molar-refractivity contribution in [1.29, 1.82) is 0 Å². The van der Waals surface area contributed by atoms with Crippen LogP contribution in [0, 0.1) is 5.41 Å². The molecule has 0 aliphatic rings. The van der Waals surface area contributed by atoms with Crippen LogP contribution < -0.4 is 5.73 Å². The van der Waals surface area contributed by atoms with Crippen molar-refractivity contribution in [3.8, 4) is 0 Å². The molecule has 0 saturated heterocycles. The fourth-order valence-electron chi connectivity index (χ4n) is 1.12. The topological polar surface area (TPSA) is 55.6 Å². The molecule has 0 aromatic carbocycles. The SMILES string of the molecule is CC=C(CCN(C)C)C(=O)OCC(C)(C)CN. The number of nitrogens with two attached hydrogens (primary N) is 1. The second-order valence-electron chi connectivity index (χ2n) is 5.31. The van der Waals surface area contributed by atoms with E-state index in [-0.39, 0.29) is 11.4 Å². The van der Waals surface area contributed by atoms with Gasteiger partial charge in [-0.3, -0.25) is 0 Å². The van der Waals surface area contributed by atoms with E-state index < -0.39 is 0 Å². The molecule has 0 atom stereocenters. The highest BCUT2D eigenvalue weighted by Crippen LogP contribution is 2.14. The van der Waals surface area contributed by atoms with Crippen molar-refractivity contribution >= 4 is 5.97 Å². The van der Waals surface area contributed by atoms with E-state index >= 15 is 0 Å². The molecule has 4 nitrogen and oxygen atoms in total. The Labute approximate surface area is 105 Å². The third kappa shape index (κ3) is 7.13. The molecule has 0 bridgehead atoms. The average Bonchev–Trinajstić information content (AvgIpc) is 2.27. The third-order valence-corrected chi connectivity index (χ3v) is 2.59. The summed E-state index contributed by atoms with van der Waals surface area (Å²) in [6, 6.07) is 0. The van der Waals surface area contributed by atoms with Crippen molar-refractivity contribution < 1.29 is 9.53 Å². The van der Waals surface area contributed by atoms with Gasteiger partial charge >= 0.3 is 5.97 Å². The Hall–Kier alpha value is -0.870. The molecule has 0 heterocycles. The number of hydrogen-bond donors (Lipinski definition) is 1. The fourth-order valence-corrected chi connectivity index (χ4v) is 1.12. The first-order chi connectivity index (χ1) is 7.82. The van der Waals surface area contributed by atoms with Gasteiger partial charge in [-0.2, -0.15) is 0 Å². The molecule has 17 heavy (non-hydrogen) atoms. The van der Waals surface area contributed by atoms with Crippen LogP contribution in [0.4, 0.5) is 0 Å². The van der Waals surface area contributed by atoms with Crippen LogP contribution in [0.3, 0.4) is 0 Å². The molecule has 0 saturated carbocycles. The molecule has 0 spiro atoms. The van der Waals surface area contributed by atoms with Crippen LogP contribution in [-0.4, -0.2) is 44.7 Å². The molecule has 0 aliphatic heterocycles. The van der Waals surface area contributed by atoms with Crippen molar-refractivity contribution in [2.24, 2.45) is 11.1 Å². The lowest BCUT2D eigenvalue weighted by molar-refractivity contribution is -0.142. The number of rotatable bonds is 7. The fraction of sp³-hybridized carbons (Fsp3) is 0.769. The monoisotopic (exact) mass is 242 g/mol. The highest BCUT2D eigenvalue weighted by Gasteiger charge is 2.19. The zero-order valence-corrected chi connectivity index (χ0v) is 11.7. The third-order valence-electron chi connectivity index (χ3n) is 2.59. The van der Waals surface area contributed by atoms with E-state index in [9.17, 15) is 4.79 Å². The number of esters is 1. The number of allylic oxidation sites excluding steroid dienone is 1. The Bertz CT molecular complexity index is 271. The van der Waals surface area contributed by atoms with Crippen molar-refractivity contribution in [2.45, 2.75) is 27.2 Å². The van der Waals surface area contributed by atoms with Crippen molar-refractivity contribution in [2.75, 3.05) is 33.8 Å². The number of nitrogens with zero attached hydrogens (tertiary/aromatic N) is 1. The van der Waals surface area contributed by atoms with Gasteiger partial charge in [-0.1, -0.05) is 19.9 Å². The summed E-state index contributed by atoms with van der Waals surface area (Å²) in [5.41, 5.74) is 6.16. The smallest absolute Gasteiger partial charge is 0.333 e. The summed E-state index contributed by atoms with van der Waals surface area (Å²) >= 11 is 0. The summed E-state index contributed by atoms with van der Waals surface area (Å²) in [5.74, 6) is -0.226. The van der Waals surface area contributed by atoms with Gasteiger partial charge in [0.25, 0.3) is 0 Å². The summed E-state index contributed by atoms with van der Waals surface area (Å²) in [6.45, 7) is 7.53. The molecule has 0 amide bonds. The van der Waals surface area contributed by atoms with Gasteiger partial charge in [-0.25, -0.2) is 4.79 Å². The summed E-state index contributed by atoms with van der Waals surface area (Å²) in [7, 11) is 3.96. The molecule has 0 aliphatic carbocycles. The lowest BCUT2D eigenvalue weighted by Gasteiger charge is -2.22. The summed E-state index contributed by atoms with van der Waals surface area (Å²) in [6.07, 6.45) is 2.53. The zero-order chi connectivity index (χ0) is 13.5. The molecule has 0 radical (unpaired) electrons. The Morgan fingerprint density at radius 3 is 2.41 bits per heavy atom. The lowest BCUT2D eigenvalue weighted by atomic mass is 9.95. The molecule has 0 unspecified atom stereocenters. The van der Waals surface area contributed by atoms with Gasteiger partial charge in [0.2, 0.25) is 0 Å². The number of hydrogen-bond acceptors (Lipinski definition) is 4. The Kier molecular flexibility index (Phi) is 7.07. The van der Waals surface area contributed by atoms with E-state index in [0.29, 0.717) is 19.6 Å². The molecule has 0 aromatic rings. The normalized spacial score (nSPS) is 13.0. The summed E-state index contributed by atoms with van der Waals surface area (Å²) in [5, 5.41) is 0. The second-order valence-corrected chi connectivity index (χ2v) is 5.31. The van der Waals surface area contributed by atoms with Gasteiger partial charge in [0, 0.05) is 24.1 Å². The quantitative estimate of drug-likeness (QED) is 0.542. The molecular weight excluding hydrogens is 216 g/mol. The first kappa shape index (κ1) is 16.1. The molecular formula is C13H26N2O2. The van der Waals surface area contributed by atoms with Gasteiger partial charge in [0.1, 0.15) is 0 Å². The predicted octanol–water partition coefficient (Wildman–Crippen LogP) is 1.41. The maximum Gasteiger partial charge on any atom is 0.333 e. The van der Waals surface area contributed by atoms with Crippen molar-refractivity contribution in [3.63, 3.8) is 0 Å². The van der Waals surface area contributed by atoms with E-state index in [2.05, 4.69) is 0 Å². The Balaban J connectivity index is 4.19. The van der Waals surface area contributed by atoms with Crippen molar-refractivity contribution in [1.82, 2.24) is 4.90 Å². The molecule has 4 heteroatoms. The van der Waals surface area contributed by atoms with Crippen LogP contribution in [0.2, 0.25) is 0 Å². The van der Waals surface area contributed by atoms with Gasteiger partial charge in [-0.15, -0.1) is 0 Å². The van der Waals surface area contributed by atoms with Gasteiger partial charge < -0.3 is 15.4 Å². The van der Waals surface area contributed by atoms with E-state index in [4.69, 9.17) is 10.5 Å². The van der Waals surface area contributed by atoms with Gasteiger partial charge in [0.05, 0.1) is 6.61 Å². The summed E-state index contributed by atoms with van der Waals surface area (Å²) in [4.78, 5) is 13.8. The first-order valence-electron chi connectivity index (χ1n) is 5.99. The van der Waals surface area contributed by atoms with Crippen molar-refractivity contribution in [3.05, 3.63) is 11.6 Å². The Morgan fingerprint density at radius 2 is 2.00 bits per heavy atom. The number of carbonyl (C=O) groups excluding carboxylic acids is 1. The van der Waals surface area contributed by atoms with Crippen LogP contribution >= 0.6 is 0 Å². The van der Waals surface area contributed by atoms with Gasteiger partial charge in [-0.05, 0) is 27.4 Å². The van der Waals surface area contributed by atoms with E-state index in [1.807, 2.05) is 45.8 Å². The minimum absolute atomic E-state index is 0.157. The van der Waals surface area contributed by atoms with E-state index in [1.54, 1.807) is 0 Å². The van der Waals surface area contributed by atoms with E-state index in [0.717, 1.165) is 12.1 Å². The second kappa shape index (κ2) is 7.45. The number of ether oxygens (including phenoxy) is 1. The highest BCUT2D eigenvalue weighted by molar-refractivity contribution is 5.88. The molecule has 0 fully saturated rings. The minimum atomic E-state index is -0.226. The van der Waals surface area contributed by atoms with Crippen LogP contribution in [-0.2, 0) is 9.53 Å². The van der Waals surface area contributed by atoms with Crippen LogP contribution in [0.25, 0.3) is 0 Å². The van der Waals surface area contributed by atoms with Crippen LogP contribution in [0.15, 0.2) is 11.6 Å². The molecule has 2 N–H and O–H groups in total. The molecule has 100 valence electrons. The minimum Gasteiger partial charge on any atom is -0.462 e. The number of carbonyl (C=O) groups is 1. The molecule has 0 rings (SSSR count). The average molecular weight is 242 g/mol. The Morgan fingerprint density at radius 1 is 1.41 bits per heavy atom. The maximum absolute atomic E-state index is 11.8.